The summed E-state index contributed by atoms with van der Waals surface area (Å²) in [5.74, 6) is 0. The zero-order valence-electron chi connectivity index (χ0n) is 10.3. The summed E-state index contributed by atoms with van der Waals surface area (Å²) in [4.78, 5) is 4.11. The quantitative estimate of drug-likeness (QED) is 0.889. The van der Waals surface area contributed by atoms with Gasteiger partial charge in [-0.15, -0.1) is 0 Å². The van der Waals surface area contributed by atoms with Gasteiger partial charge in [0.05, 0.1) is 11.6 Å². The molecule has 0 aliphatic carbocycles. The van der Waals surface area contributed by atoms with Crippen LogP contribution in [0, 0.1) is 11.3 Å². The Morgan fingerprint density at radius 2 is 2.22 bits per heavy atom. The van der Waals surface area contributed by atoms with Crippen molar-refractivity contribution in [1.82, 2.24) is 10.3 Å². The Morgan fingerprint density at radius 3 is 2.94 bits per heavy atom. The maximum atomic E-state index is 8.84. The molecule has 0 aliphatic heterocycles. The average molecular weight is 237 g/mol. The highest BCUT2D eigenvalue weighted by Gasteiger charge is 2.04. The second kappa shape index (κ2) is 5.95. The van der Waals surface area contributed by atoms with Crippen LogP contribution in [-0.4, -0.2) is 4.98 Å². The molecule has 0 fully saturated rings. The molecule has 2 rings (SSSR count). The van der Waals surface area contributed by atoms with Crippen molar-refractivity contribution >= 4 is 0 Å². The molecule has 90 valence electrons. The summed E-state index contributed by atoms with van der Waals surface area (Å²) in [6, 6.07) is 14.0. The molecule has 3 heteroatoms. The van der Waals surface area contributed by atoms with Gasteiger partial charge in [0.15, 0.2) is 0 Å². The molecule has 0 amide bonds. The van der Waals surface area contributed by atoms with E-state index in [1.165, 1.54) is 0 Å². The Hall–Kier alpha value is -2.18. The first-order valence-corrected chi connectivity index (χ1v) is 5.92. The van der Waals surface area contributed by atoms with Gasteiger partial charge in [-0.2, -0.15) is 5.26 Å². The highest BCUT2D eigenvalue weighted by molar-refractivity contribution is 5.32. The number of aromatic nitrogens is 1. The summed E-state index contributed by atoms with van der Waals surface area (Å²) in [5.41, 5.74) is 2.97. The SMILES string of the molecule is C[C@@H](NCc1cccc(C#N)c1)c1cccnc1. The van der Waals surface area contributed by atoms with Gasteiger partial charge in [0.2, 0.25) is 0 Å². The Morgan fingerprint density at radius 1 is 1.33 bits per heavy atom. The van der Waals surface area contributed by atoms with Crippen molar-refractivity contribution in [2.24, 2.45) is 0 Å². The second-order valence-corrected chi connectivity index (χ2v) is 4.20. The lowest BCUT2D eigenvalue weighted by atomic mass is 10.1. The standard InChI is InChI=1S/C15H15N3/c1-12(15-6-3-7-17-11-15)18-10-14-5-2-4-13(8-14)9-16/h2-8,11-12,18H,10H2,1H3/t12-/m1/s1. The van der Waals surface area contributed by atoms with Crippen molar-refractivity contribution in [3.8, 4) is 6.07 Å². The molecule has 1 atom stereocenters. The predicted molar refractivity (Wildman–Crippen MR) is 70.6 cm³/mol. The molecule has 0 bridgehead atoms. The molecular formula is C15H15N3. The van der Waals surface area contributed by atoms with Crippen LogP contribution in [0.2, 0.25) is 0 Å². The molecule has 3 nitrogen and oxygen atoms in total. The molecule has 0 saturated carbocycles. The second-order valence-electron chi connectivity index (χ2n) is 4.20. The summed E-state index contributed by atoms with van der Waals surface area (Å²) >= 11 is 0. The van der Waals surface area contributed by atoms with Crippen LogP contribution in [0.15, 0.2) is 48.8 Å². The summed E-state index contributed by atoms with van der Waals surface area (Å²) < 4.78 is 0. The maximum Gasteiger partial charge on any atom is 0.0991 e. The fourth-order valence-electron chi connectivity index (χ4n) is 1.77. The monoisotopic (exact) mass is 237 g/mol. The fourth-order valence-corrected chi connectivity index (χ4v) is 1.77. The topological polar surface area (TPSA) is 48.7 Å². The van der Waals surface area contributed by atoms with E-state index in [0.717, 1.165) is 17.7 Å². The summed E-state index contributed by atoms with van der Waals surface area (Å²) in [7, 11) is 0. The van der Waals surface area contributed by atoms with Crippen molar-refractivity contribution in [2.45, 2.75) is 19.5 Å². The molecule has 0 unspecified atom stereocenters. The van der Waals surface area contributed by atoms with E-state index in [1.54, 1.807) is 6.20 Å². The van der Waals surface area contributed by atoms with Crippen LogP contribution >= 0.6 is 0 Å². The first kappa shape index (κ1) is 12.3. The van der Waals surface area contributed by atoms with Crippen LogP contribution in [-0.2, 0) is 6.54 Å². The Kier molecular flexibility index (Phi) is 4.06. The summed E-state index contributed by atoms with van der Waals surface area (Å²) in [6.07, 6.45) is 3.63. The molecule has 0 radical (unpaired) electrons. The van der Waals surface area contributed by atoms with Crippen molar-refractivity contribution in [3.63, 3.8) is 0 Å². The summed E-state index contributed by atoms with van der Waals surface area (Å²) in [5, 5.41) is 12.3. The van der Waals surface area contributed by atoms with Gasteiger partial charge in [0.1, 0.15) is 0 Å². The number of hydrogen-bond acceptors (Lipinski definition) is 3. The van der Waals surface area contributed by atoms with Gasteiger partial charge in [-0.1, -0.05) is 18.2 Å². The third-order valence-electron chi connectivity index (χ3n) is 2.85. The highest BCUT2D eigenvalue weighted by Crippen LogP contribution is 2.11. The lowest BCUT2D eigenvalue weighted by Gasteiger charge is -2.13. The Labute approximate surface area is 107 Å². The molecule has 0 spiro atoms. The van der Waals surface area contributed by atoms with Crippen LogP contribution in [0.5, 0.6) is 0 Å². The lowest BCUT2D eigenvalue weighted by Crippen LogP contribution is -2.18. The van der Waals surface area contributed by atoms with Gasteiger partial charge >= 0.3 is 0 Å². The Balaban J connectivity index is 1.97. The minimum absolute atomic E-state index is 0.240. The number of nitrogens with one attached hydrogen (secondary N) is 1. The van der Waals surface area contributed by atoms with Crippen LogP contribution < -0.4 is 5.32 Å². The lowest BCUT2D eigenvalue weighted by molar-refractivity contribution is 0.573. The third-order valence-corrected chi connectivity index (χ3v) is 2.85. The minimum Gasteiger partial charge on any atom is -0.306 e. The van der Waals surface area contributed by atoms with Crippen molar-refractivity contribution in [2.75, 3.05) is 0 Å². The van der Waals surface area contributed by atoms with Gasteiger partial charge < -0.3 is 5.32 Å². The van der Waals surface area contributed by atoms with Crippen LogP contribution in [0.25, 0.3) is 0 Å². The fraction of sp³-hybridized carbons (Fsp3) is 0.200. The molecular weight excluding hydrogens is 222 g/mol. The Bertz CT molecular complexity index is 543. The number of hydrogen-bond donors (Lipinski definition) is 1. The van der Waals surface area contributed by atoms with E-state index in [-0.39, 0.29) is 6.04 Å². The molecule has 0 saturated heterocycles. The van der Waals surface area contributed by atoms with E-state index in [1.807, 2.05) is 36.5 Å². The molecule has 1 aromatic carbocycles. The largest absolute Gasteiger partial charge is 0.306 e. The van der Waals surface area contributed by atoms with Gasteiger partial charge in [0, 0.05) is 25.0 Å². The average Bonchev–Trinajstić information content (AvgIpc) is 2.46. The van der Waals surface area contributed by atoms with Gasteiger partial charge in [-0.3, -0.25) is 4.98 Å². The normalized spacial score (nSPS) is 11.8. The van der Waals surface area contributed by atoms with Crippen LogP contribution in [0.1, 0.15) is 29.7 Å². The third kappa shape index (κ3) is 3.16. The van der Waals surface area contributed by atoms with Crippen molar-refractivity contribution < 1.29 is 0 Å². The van der Waals surface area contributed by atoms with E-state index in [4.69, 9.17) is 5.26 Å². The molecule has 0 aliphatic rings. The van der Waals surface area contributed by atoms with Crippen molar-refractivity contribution in [3.05, 3.63) is 65.5 Å². The van der Waals surface area contributed by atoms with Crippen LogP contribution in [0.3, 0.4) is 0 Å². The predicted octanol–water partition coefficient (Wildman–Crippen LogP) is 2.80. The van der Waals surface area contributed by atoms with Gasteiger partial charge in [0.25, 0.3) is 0 Å². The molecule has 1 N–H and O–H groups in total. The highest BCUT2D eigenvalue weighted by atomic mass is 14.9. The molecule has 18 heavy (non-hydrogen) atoms. The van der Waals surface area contributed by atoms with Crippen molar-refractivity contribution in [1.29, 1.82) is 5.26 Å². The first-order chi connectivity index (χ1) is 8.79. The van der Waals surface area contributed by atoms with E-state index in [2.05, 4.69) is 29.4 Å². The zero-order valence-corrected chi connectivity index (χ0v) is 10.3. The van der Waals surface area contributed by atoms with Gasteiger partial charge in [-0.25, -0.2) is 0 Å². The zero-order chi connectivity index (χ0) is 12.8. The molecule has 2 aromatic rings. The van der Waals surface area contributed by atoms with E-state index in [0.29, 0.717) is 5.56 Å². The molecule has 1 heterocycles. The van der Waals surface area contributed by atoms with Crippen LogP contribution in [0.4, 0.5) is 0 Å². The number of rotatable bonds is 4. The number of pyridine rings is 1. The summed E-state index contributed by atoms with van der Waals surface area (Å²) in [6.45, 7) is 2.84. The van der Waals surface area contributed by atoms with E-state index >= 15 is 0 Å². The maximum absolute atomic E-state index is 8.84. The van der Waals surface area contributed by atoms with E-state index < -0.39 is 0 Å². The number of nitriles is 1. The van der Waals surface area contributed by atoms with Gasteiger partial charge in [-0.05, 0) is 36.2 Å². The number of nitrogens with zero attached hydrogens (tertiary/aromatic N) is 2. The smallest absolute Gasteiger partial charge is 0.0991 e. The first-order valence-electron chi connectivity index (χ1n) is 5.92. The molecule has 1 aromatic heterocycles. The minimum atomic E-state index is 0.240. The number of benzene rings is 1. The van der Waals surface area contributed by atoms with E-state index in [9.17, 15) is 0 Å².